The van der Waals surface area contributed by atoms with Crippen LogP contribution >= 0.6 is 0 Å². The molecule has 2 aromatic carbocycles. The van der Waals surface area contributed by atoms with Crippen LogP contribution in [0.4, 0.5) is 10.5 Å². The van der Waals surface area contributed by atoms with E-state index in [9.17, 15) is 24.6 Å². The molecule has 1 saturated heterocycles. The third kappa shape index (κ3) is 3.64. The van der Waals surface area contributed by atoms with E-state index in [1.54, 1.807) is 30.3 Å². The van der Waals surface area contributed by atoms with Crippen molar-refractivity contribution >= 4 is 29.6 Å². The Labute approximate surface area is 148 Å². The second-order valence-corrected chi connectivity index (χ2v) is 5.54. The number of phenols is 2. The molecular weight excluding hydrogens is 338 g/mol. The van der Waals surface area contributed by atoms with E-state index in [-0.39, 0.29) is 22.8 Å². The summed E-state index contributed by atoms with van der Waals surface area (Å²) < 4.78 is 0. The topological polar surface area (TPSA) is 119 Å². The van der Waals surface area contributed by atoms with E-state index < -0.39 is 24.4 Å². The van der Waals surface area contributed by atoms with Crippen LogP contribution in [0.2, 0.25) is 0 Å². The molecule has 8 heteroatoms. The first-order valence-electron chi connectivity index (χ1n) is 7.65. The van der Waals surface area contributed by atoms with Crippen LogP contribution < -0.4 is 10.6 Å². The first kappa shape index (κ1) is 17.0. The lowest BCUT2D eigenvalue weighted by Gasteiger charge is -2.11. The Bertz CT molecular complexity index is 908. The molecule has 4 amide bonds. The number of aromatic hydroxyl groups is 2. The fraction of sp³-hybridized carbons (Fsp3) is 0.0556. The van der Waals surface area contributed by atoms with Gasteiger partial charge in [0.1, 0.15) is 23.7 Å². The number of anilines is 1. The van der Waals surface area contributed by atoms with Crippen LogP contribution in [0.5, 0.6) is 11.5 Å². The summed E-state index contributed by atoms with van der Waals surface area (Å²) in [5.74, 6) is -1.59. The predicted octanol–water partition coefficient (Wildman–Crippen LogP) is 1.63. The predicted molar refractivity (Wildman–Crippen MR) is 93.1 cm³/mol. The van der Waals surface area contributed by atoms with Gasteiger partial charge >= 0.3 is 6.03 Å². The largest absolute Gasteiger partial charge is 0.508 e. The van der Waals surface area contributed by atoms with Crippen LogP contribution in [0.25, 0.3) is 6.08 Å². The van der Waals surface area contributed by atoms with Crippen molar-refractivity contribution in [2.75, 3.05) is 11.9 Å². The van der Waals surface area contributed by atoms with Crippen LogP contribution in [0, 0.1) is 0 Å². The van der Waals surface area contributed by atoms with Crippen molar-refractivity contribution in [2.45, 2.75) is 0 Å². The van der Waals surface area contributed by atoms with E-state index >= 15 is 0 Å². The highest BCUT2D eigenvalue weighted by Gasteiger charge is 2.35. The summed E-state index contributed by atoms with van der Waals surface area (Å²) in [5, 5.41) is 24.0. The van der Waals surface area contributed by atoms with Gasteiger partial charge in [0.2, 0.25) is 5.91 Å². The van der Waals surface area contributed by atoms with Gasteiger partial charge in [-0.3, -0.25) is 9.59 Å². The first-order chi connectivity index (χ1) is 12.4. The van der Waals surface area contributed by atoms with E-state index in [0.29, 0.717) is 5.69 Å². The molecule has 8 nitrogen and oxygen atoms in total. The Morgan fingerprint density at radius 2 is 1.85 bits per heavy atom. The maximum Gasteiger partial charge on any atom is 0.329 e. The molecule has 0 atom stereocenters. The zero-order chi connectivity index (χ0) is 18.7. The Kier molecular flexibility index (Phi) is 4.57. The number of urea groups is 1. The van der Waals surface area contributed by atoms with Gasteiger partial charge in [0.25, 0.3) is 5.91 Å². The lowest BCUT2D eigenvalue weighted by atomic mass is 10.1. The molecule has 0 saturated carbocycles. The van der Waals surface area contributed by atoms with E-state index in [0.717, 1.165) is 11.0 Å². The number of carbonyl (C=O) groups is 3. The molecule has 1 aliphatic rings. The molecule has 0 aliphatic carbocycles. The normalized spacial score (nSPS) is 15.2. The SMILES string of the molecule is O=C(CN1C(=O)N/C(=C\c2ccc(O)cc2O)C1=O)Nc1ccccc1. The van der Waals surface area contributed by atoms with Gasteiger partial charge in [0.05, 0.1) is 0 Å². The van der Waals surface area contributed by atoms with Gasteiger partial charge in [-0.25, -0.2) is 9.69 Å². The molecule has 1 aliphatic heterocycles. The molecule has 2 aromatic rings. The number of para-hydroxylation sites is 1. The summed E-state index contributed by atoms with van der Waals surface area (Å²) in [5.41, 5.74) is 0.708. The van der Waals surface area contributed by atoms with Crippen LogP contribution in [-0.4, -0.2) is 39.5 Å². The number of phenolic OH excluding ortho intramolecular Hbond substituents is 2. The maximum atomic E-state index is 12.3. The van der Waals surface area contributed by atoms with Crippen molar-refractivity contribution in [3.63, 3.8) is 0 Å². The van der Waals surface area contributed by atoms with Crippen LogP contribution in [0.1, 0.15) is 5.56 Å². The molecule has 4 N–H and O–H groups in total. The smallest absolute Gasteiger partial charge is 0.329 e. The van der Waals surface area contributed by atoms with Crippen LogP contribution in [-0.2, 0) is 9.59 Å². The minimum absolute atomic E-state index is 0.0801. The number of benzene rings is 2. The van der Waals surface area contributed by atoms with Crippen molar-refractivity contribution in [3.05, 3.63) is 59.8 Å². The number of hydrogen-bond donors (Lipinski definition) is 4. The highest BCUT2D eigenvalue weighted by molar-refractivity contribution is 6.16. The third-order valence-corrected chi connectivity index (χ3v) is 3.64. The Balaban J connectivity index is 1.72. The van der Waals surface area contributed by atoms with Gasteiger partial charge in [-0.1, -0.05) is 18.2 Å². The minimum atomic E-state index is -0.734. The average Bonchev–Trinajstić information content (AvgIpc) is 2.86. The number of nitrogens with one attached hydrogen (secondary N) is 2. The summed E-state index contributed by atoms with van der Waals surface area (Å²) in [6, 6.07) is 11.7. The fourth-order valence-electron chi connectivity index (χ4n) is 2.39. The van der Waals surface area contributed by atoms with E-state index in [1.807, 2.05) is 0 Å². The van der Waals surface area contributed by atoms with E-state index in [1.165, 1.54) is 18.2 Å². The highest BCUT2D eigenvalue weighted by atomic mass is 16.3. The fourth-order valence-corrected chi connectivity index (χ4v) is 2.39. The Hall–Kier alpha value is -3.81. The second kappa shape index (κ2) is 6.98. The van der Waals surface area contributed by atoms with Crippen LogP contribution in [0.15, 0.2) is 54.2 Å². The van der Waals surface area contributed by atoms with Gasteiger partial charge in [-0.2, -0.15) is 0 Å². The molecule has 1 fully saturated rings. The Morgan fingerprint density at radius 1 is 1.12 bits per heavy atom. The number of amides is 4. The molecule has 26 heavy (non-hydrogen) atoms. The van der Waals surface area contributed by atoms with Crippen LogP contribution in [0.3, 0.4) is 0 Å². The summed E-state index contributed by atoms with van der Waals surface area (Å²) in [6.45, 7) is -0.446. The molecule has 0 spiro atoms. The first-order valence-corrected chi connectivity index (χ1v) is 7.65. The lowest BCUT2D eigenvalue weighted by Crippen LogP contribution is -2.38. The molecule has 0 unspecified atom stereocenters. The summed E-state index contributed by atoms with van der Waals surface area (Å²) in [6.07, 6.45) is 1.27. The molecule has 1 heterocycles. The summed E-state index contributed by atoms with van der Waals surface area (Å²) in [7, 11) is 0. The zero-order valence-corrected chi connectivity index (χ0v) is 13.5. The van der Waals surface area contributed by atoms with Crippen molar-refractivity contribution in [1.29, 1.82) is 0 Å². The molecular formula is C18H15N3O5. The summed E-state index contributed by atoms with van der Waals surface area (Å²) >= 11 is 0. The number of nitrogens with zero attached hydrogens (tertiary/aromatic N) is 1. The van der Waals surface area contributed by atoms with Gasteiger partial charge < -0.3 is 20.8 Å². The lowest BCUT2D eigenvalue weighted by molar-refractivity contribution is -0.127. The average molecular weight is 353 g/mol. The minimum Gasteiger partial charge on any atom is -0.508 e. The van der Waals surface area contributed by atoms with Gasteiger partial charge in [-0.05, 0) is 30.3 Å². The highest BCUT2D eigenvalue weighted by Crippen LogP contribution is 2.25. The number of carbonyl (C=O) groups excluding carboxylic acids is 3. The molecule has 0 aromatic heterocycles. The molecule has 0 bridgehead atoms. The molecule has 132 valence electrons. The van der Waals surface area contributed by atoms with Crippen molar-refractivity contribution in [1.82, 2.24) is 10.2 Å². The number of hydrogen-bond acceptors (Lipinski definition) is 5. The standard InChI is InChI=1S/C18H15N3O5/c22-13-7-6-11(15(23)9-13)8-14-17(25)21(18(26)20-14)10-16(24)19-12-4-2-1-3-5-12/h1-9,22-23H,10H2,(H,19,24)(H,20,26)/b14-8-. The zero-order valence-electron chi connectivity index (χ0n) is 13.5. The molecule has 0 radical (unpaired) electrons. The van der Waals surface area contributed by atoms with Crippen molar-refractivity contribution in [3.8, 4) is 11.5 Å². The van der Waals surface area contributed by atoms with E-state index in [4.69, 9.17) is 0 Å². The second-order valence-electron chi connectivity index (χ2n) is 5.54. The monoisotopic (exact) mass is 353 g/mol. The van der Waals surface area contributed by atoms with Gasteiger partial charge in [0.15, 0.2) is 0 Å². The third-order valence-electron chi connectivity index (χ3n) is 3.64. The maximum absolute atomic E-state index is 12.3. The summed E-state index contributed by atoms with van der Waals surface area (Å²) in [4.78, 5) is 37.1. The Morgan fingerprint density at radius 3 is 2.54 bits per heavy atom. The van der Waals surface area contributed by atoms with Gasteiger partial charge in [0, 0.05) is 17.3 Å². The van der Waals surface area contributed by atoms with Crippen molar-refractivity contribution in [2.24, 2.45) is 0 Å². The molecule has 3 rings (SSSR count). The quantitative estimate of drug-likeness (QED) is 0.492. The number of rotatable bonds is 4. The van der Waals surface area contributed by atoms with Crippen molar-refractivity contribution < 1.29 is 24.6 Å². The van der Waals surface area contributed by atoms with Gasteiger partial charge in [-0.15, -0.1) is 0 Å². The number of imide groups is 1. The van der Waals surface area contributed by atoms with E-state index in [2.05, 4.69) is 10.6 Å².